The molecule has 16 rings (SSSR count). The number of benzene rings is 8. The summed E-state index contributed by atoms with van der Waals surface area (Å²) in [6, 6.07) is 71.9. The van der Waals surface area contributed by atoms with Gasteiger partial charge in [-0.2, -0.15) is 0 Å². The zero-order valence-corrected chi connectivity index (χ0v) is 72.4. The molecule has 122 heavy (non-hydrogen) atoms. The largest absolute Gasteiger partial charge is 0.317 e. The first-order valence-electron chi connectivity index (χ1n) is 45.7. The molecule has 4 aliphatic heterocycles. The van der Waals surface area contributed by atoms with Crippen LogP contribution < -0.4 is 21.3 Å². The Kier molecular flexibility index (Phi) is 35.6. The second-order valence-electron chi connectivity index (χ2n) is 34.4. The molecule has 636 valence electrons. The van der Waals surface area contributed by atoms with Crippen molar-refractivity contribution < 1.29 is 13.2 Å². The van der Waals surface area contributed by atoms with E-state index in [0.717, 1.165) is 194 Å². The van der Waals surface area contributed by atoms with Gasteiger partial charge in [0.2, 0.25) is 0 Å². The first-order valence-corrected chi connectivity index (χ1v) is 45.7. The molecule has 15 heteroatoms. The third kappa shape index (κ3) is 29.8. The average molecular weight is 1640 g/mol. The normalized spacial score (nSPS) is 14.7. The van der Waals surface area contributed by atoms with Gasteiger partial charge in [-0.25, -0.2) is 53.0 Å². The van der Waals surface area contributed by atoms with Crippen molar-refractivity contribution in [1.82, 2.24) is 61.1 Å². The van der Waals surface area contributed by atoms with Gasteiger partial charge in [0.25, 0.3) is 0 Å². The van der Waals surface area contributed by atoms with Gasteiger partial charge >= 0.3 is 0 Å². The van der Waals surface area contributed by atoms with E-state index in [9.17, 15) is 13.2 Å². The minimum atomic E-state index is -0.350. The number of nitrogens with one attached hydrogen (secondary N) is 4. The van der Waals surface area contributed by atoms with E-state index in [4.69, 9.17) is 4.98 Å². The smallest absolute Gasteiger partial charge is 0.167 e. The topological polar surface area (TPSA) is 151 Å². The molecule has 0 aliphatic carbocycles. The van der Waals surface area contributed by atoms with Gasteiger partial charge in [-0.15, -0.1) is 0 Å². The standard InChI is InChI=1S/2C27H32FN3.C27H33N3.C26H30FN3/c2*1-20-5-2-6-22(17-20)8-4-10-26-30-19-25(28)27(31-26)24-9-3-7-23(18-24)12-11-21-13-15-29-16-14-21;1-21-5-2-6-23(19-21)8-4-10-27-29-18-15-26(30-27)25-9-3-7-24(20-25)12-11-22-13-16-28-17-14-22;27-24-19-29-25(11-5-8-20-6-2-1-3-7-20)30-26(24)23-10-4-9-22(18-23)13-12-21-14-16-28-17-15-21/h2*2-3,5-7,9,17-19,21,29H,4,8,10-16H2,1H3;2-3,5-7,9,15,18-20,22,28H,4,8,10-14,16-17H2,1H3;1-4,6-7,9-10,18-19,21,28H,5,8,11-17H2. The molecule has 0 saturated carbocycles. The number of aromatic nitrogens is 8. The van der Waals surface area contributed by atoms with E-state index in [1.54, 1.807) is 0 Å². The average Bonchev–Trinajstić information content (AvgIpc) is 0.837. The summed E-state index contributed by atoms with van der Waals surface area (Å²) in [5.41, 5.74) is 20.5. The Morgan fingerprint density at radius 1 is 0.262 bits per heavy atom. The van der Waals surface area contributed by atoms with Gasteiger partial charge in [0.1, 0.15) is 40.4 Å². The predicted molar refractivity (Wildman–Crippen MR) is 493 cm³/mol. The van der Waals surface area contributed by atoms with Crippen molar-refractivity contribution in [3.05, 3.63) is 333 Å². The van der Waals surface area contributed by atoms with E-state index in [-0.39, 0.29) is 17.5 Å². The lowest BCUT2D eigenvalue weighted by atomic mass is 9.91. The molecule has 4 fully saturated rings. The van der Waals surface area contributed by atoms with E-state index < -0.39 is 0 Å². The molecule has 0 amide bonds. The van der Waals surface area contributed by atoms with Crippen LogP contribution in [0.4, 0.5) is 13.2 Å². The van der Waals surface area contributed by atoms with Gasteiger partial charge in [-0.1, -0.05) is 193 Å². The van der Waals surface area contributed by atoms with Crippen LogP contribution in [0.5, 0.6) is 0 Å². The molecule has 4 N–H and O–H groups in total. The molecule has 0 atom stereocenters. The Balaban J connectivity index is 0.000000140. The minimum absolute atomic E-state index is 0.349. The number of piperidine rings is 4. The van der Waals surface area contributed by atoms with Crippen molar-refractivity contribution in [2.45, 2.75) is 201 Å². The van der Waals surface area contributed by atoms with Gasteiger partial charge in [-0.3, -0.25) is 0 Å². The fourth-order valence-corrected chi connectivity index (χ4v) is 17.6. The highest BCUT2D eigenvalue weighted by molar-refractivity contribution is 5.63. The number of rotatable bonds is 32. The van der Waals surface area contributed by atoms with Gasteiger partial charge in [0, 0.05) is 54.1 Å². The van der Waals surface area contributed by atoms with Crippen molar-refractivity contribution in [2.24, 2.45) is 23.7 Å². The summed E-state index contributed by atoms with van der Waals surface area (Å²) in [4.78, 5) is 35.8. The fraction of sp³-hybridized carbons (Fsp3) is 0.402. The first-order chi connectivity index (χ1) is 59.9. The summed E-state index contributed by atoms with van der Waals surface area (Å²) >= 11 is 0. The SMILES string of the molecule is Cc1cccc(CCCc2ncc(F)c(-c3cccc(CCC4CCNCC4)c3)n2)c1.Cc1cccc(CCCc2ncc(F)c(-c3cccc(CCC4CCNCC4)c3)n2)c1.Cc1cccc(CCCc2nccc(-c3cccc(CCC4CCNCC4)c3)n2)c1.Fc1cnc(CCCc2ccccc2)nc1-c1cccc(CCC2CCNCC2)c1. The van der Waals surface area contributed by atoms with Crippen LogP contribution in [0, 0.1) is 61.9 Å². The molecule has 4 aliphatic rings. The Morgan fingerprint density at radius 3 is 0.852 bits per heavy atom. The lowest BCUT2D eigenvalue weighted by molar-refractivity contribution is 0.354. The summed E-state index contributed by atoms with van der Waals surface area (Å²) in [5.74, 6) is 5.28. The fourth-order valence-electron chi connectivity index (χ4n) is 17.6. The Bertz CT molecular complexity index is 4990. The van der Waals surface area contributed by atoms with Crippen LogP contribution in [-0.4, -0.2) is 92.2 Å². The second-order valence-corrected chi connectivity index (χ2v) is 34.4. The van der Waals surface area contributed by atoms with Crippen LogP contribution in [0.25, 0.3) is 45.0 Å². The molecule has 4 saturated heterocycles. The number of hydrogen-bond acceptors (Lipinski definition) is 12. The third-order valence-electron chi connectivity index (χ3n) is 24.7. The summed E-state index contributed by atoms with van der Waals surface area (Å²) < 4.78 is 43.6. The van der Waals surface area contributed by atoms with Crippen molar-refractivity contribution in [3.63, 3.8) is 0 Å². The minimum Gasteiger partial charge on any atom is -0.317 e. The molecule has 8 heterocycles. The highest BCUT2D eigenvalue weighted by atomic mass is 19.1. The van der Waals surface area contributed by atoms with Gasteiger partial charge in [-0.05, 0) is 326 Å². The van der Waals surface area contributed by atoms with Crippen LogP contribution >= 0.6 is 0 Å². The lowest BCUT2D eigenvalue weighted by Gasteiger charge is -2.22. The Hall–Kier alpha value is -10.3. The molecule has 12 aromatic rings. The molecule has 12 nitrogen and oxygen atoms in total. The van der Waals surface area contributed by atoms with Crippen molar-refractivity contribution in [2.75, 3.05) is 52.4 Å². The van der Waals surface area contributed by atoms with E-state index in [1.165, 1.54) is 175 Å². The molecule has 8 aromatic carbocycles. The molecular weight excluding hydrogens is 1510 g/mol. The molecule has 0 radical (unpaired) electrons. The summed E-state index contributed by atoms with van der Waals surface area (Å²) in [6.07, 6.45) is 36.3. The Morgan fingerprint density at radius 2 is 0.533 bits per heavy atom. The number of hydrogen-bond donors (Lipinski definition) is 4. The maximum absolute atomic E-state index is 14.6. The van der Waals surface area contributed by atoms with Gasteiger partial charge in [0.05, 0.1) is 24.3 Å². The lowest BCUT2D eigenvalue weighted by Crippen LogP contribution is -2.27. The molecule has 4 aromatic heterocycles. The third-order valence-corrected chi connectivity index (χ3v) is 24.7. The second kappa shape index (κ2) is 48.5. The maximum atomic E-state index is 14.6. The molecule has 0 unspecified atom stereocenters. The quantitative estimate of drug-likeness (QED) is 0.0318. The number of halogens is 3. The zero-order valence-electron chi connectivity index (χ0n) is 72.4. The van der Waals surface area contributed by atoms with E-state index in [2.05, 4.69) is 235 Å². The molecular formula is C107H127F3N12. The van der Waals surface area contributed by atoms with Crippen molar-refractivity contribution >= 4 is 0 Å². The number of aryl methyl sites for hydroxylation is 15. The number of nitrogens with zero attached hydrogens (tertiary/aromatic N) is 8. The molecule has 0 bridgehead atoms. The summed E-state index contributed by atoms with van der Waals surface area (Å²) in [5, 5.41) is 13.7. The van der Waals surface area contributed by atoms with E-state index in [0.29, 0.717) is 34.6 Å². The van der Waals surface area contributed by atoms with Crippen LogP contribution in [0.2, 0.25) is 0 Å². The van der Waals surface area contributed by atoms with E-state index >= 15 is 0 Å². The highest BCUT2D eigenvalue weighted by Crippen LogP contribution is 2.31. The maximum Gasteiger partial charge on any atom is 0.167 e. The van der Waals surface area contributed by atoms with Crippen molar-refractivity contribution in [3.8, 4) is 45.0 Å². The molecule has 0 spiro atoms. The van der Waals surface area contributed by atoms with Crippen molar-refractivity contribution in [1.29, 1.82) is 0 Å². The predicted octanol–water partition coefficient (Wildman–Crippen LogP) is 22.3. The summed E-state index contributed by atoms with van der Waals surface area (Å²) in [7, 11) is 0. The van der Waals surface area contributed by atoms with Gasteiger partial charge < -0.3 is 21.3 Å². The van der Waals surface area contributed by atoms with Crippen LogP contribution in [0.15, 0.2) is 231 Å². The first kappa shape index (κ1) is 89.5. The van der Waals surface area contributed by atoms with Crippen LogP contribution in [-0.2, 0) is 77.0 Å². The highest BCUT2D eigenvalue weighted by Gasteiger charge is 2.21. The zero-order chi connectivity index (χ0) is 84.1. The van der Waals surface area contributed by atoms with Crippen LogP contribution in [0.1, 0.15) is 187 Å². The Labute approximate surface area is 724 Å². The van der Waals surface area contributed by atoms with E-state index in [1.807, 2.05) is 54.7 Å². The van der Waals surface area contributed by atoms with Gasteiger partial charge in [0.15, 0.2) is 17.5 Å². The summed E-state index contributed by atoms with van der Waals surface area (Å²) in [6.45, 7) is 15.5. The van der Waals surface area contributed by atoms with Crippen LogP contribution in [0.3, 0.4) is 0 Å². The monoisotopic (exact) mass is 1640 g/mol.